The fourth-order valence-corrected chi connectivity index (χ4v) is 6.16. The van der Waals surface area contributed by atoms with Gasteiger partial charge < -0.3 is 14.6 Å². The number of primary amides is 1. The van der Waals surface area contributed by atoms with Crippen molar-refractivity contribution in [3.63, 3.8) is 0 Å². The molecule has 0 bridgehead atoms. The zero-order valence-electron chi connectivity index (χ0n) is 10.4. The Kier molecular flexibility index (Phi) is 4.91. The maximum Gasteiger partial charge on any atom is 0.412 e. The normalized spacial score (nSPS) is 25.2. The van der Waals surface area contributed by atoms with E-state index >= 15 is 0 Å². The molecular weight excluding hydrogens is 224 g/mol. The Morgan fingerprint density at radius 3 is 2.19 bits per heavy atom. The largest absolute Gasteiger partial charge is 0.412 e. The number of hydrogen-bond acceptors (Lipinski definition) is 3. The van der Waals surface area contributed by atoms with Crippen molar-refractivity contribution in [3.05, 3.63) is 0 Å². The number of urea groups is 1. The number of nitrogens with two attached hydrogens (primary N) is 1. The number of nitrogens with one attached hydrogen (secondary N) is 1. The van der Waals surface area contributed by atoms with E-state index in [4.69, 9.17) is 14.6 Å². The maximum atomic E-state index is 11.3. The molecule has 1 fully saturated rings. The van der Waals surface area contributed by atoms with Crippen molar-refractivity contribution in [1.29, 1.82) is 0 Å². The molecule has 1 aliphatic rings. The molecule has 0 aromatic heterocycles. The molecule has 0 radical (unpaired) electrons. The second-order valence-corrected chi connectivity index (χ2v) is 7.62. The van der Waals surface area contributed by atoms with Gasteiger partial charge in [0.15, 0.2) is 0 Å². The fourth-order valence-electron chi connectivity index (χ4n) is 2.40. The van der Waals surface area contributed by atoms with Crippen LogP contribution in [0.15, 0.2) is 0 Å². The summed E-state index contributed by atoms with van der Waals surface area (Å²) in [6.07, 6.45) is 0.984. The molecule has 2 amide bonds. The average molecular weight is 247 g/mol. The highest BCUT2D eigenvalue weighted by atomic mass is 28.4. The van der Waals surface area contributed by atoms with E-state index in [0.717, 1.165) is 23.9 Å². The van der Waals surface area contributed by atoms with Gasteiger partial charge in [-0.3, -0.25) is 0 Å². The molecule has 1 aliphatic heterocycles. The Bertz CT molecular complexity index is 244. The first kappa shape index (κ1) is 13.6. The average Bonchev–Trinajstić information content (AvgIpc) is 2.15. The van der Waals surface area contributed by atoms with Gasteiger partial charge in [-0.2, -0.15) is 0 Å². The van der Waals surface area contributed by atoms with Crippen LogP contribution in [0.25, 0.3) is 0 Å². The maximum absolute atomic E-state index is 11.3. The summed E-state index contributed by atoms with van der Waals surface area (Å²) in [5.74, 6) is 0. The van der Waals surface area contributed by atoms with Crippen LogP contribution < -0.4 is 10.6 Å². The minimum absolute atomic E-state index is 0.176. The standard InChI is InChI=1S/C10H22N2O3Si/c1-4-14-16(6-3,15-5-2)9-7-8-12(9)10(11)13/h9H,4-8H2,1-3H3,(H2,11,13)/p+1. The first-order valence-electron chi connectivity index (χ1n) is 6.04. The molecule has 5 nitrogen and oxygen atoms in total. The fraction of sp³-hybridized carbons (Fsp3) is 0.900. The van der Waals surface area contributed by atoms with E-state index in [-0.39, 0.29) is 11.7 Å². The minimum atomic E-state index is -2.25. The molecule has 1 rings (SSSR count). The lowest BCUT2D eigenvalue weighted by atomic mass is 10.2. The Labute approximate surface area is 98.1 Å². The smallest absolute Gasteiger partial charge is 0.391 e. The highest BCUT2D eigenvalue weighted by molar-refractivity contribution is 6.68. The monoisotopic (exact) mass is 247 g/mol. The third kappa shape index (κ3) is 2.45. The Balaban J connectivity index is 2.78. The van der Waals surface area contributed by atoms with Gasteiger partial charge in [0.25, 0.3) is 0 Å². The molecule has 0 aromatic rings. The molecule has 94 valence electrons. The number of carbonyl (C=O) groups excluding carboxylic acids is 1. The number of amides is 2. The zero-order valence-corrected chi connectivity index (χ0v) is 11.4. The lowest BCUT2D eigenvalue weighted by Gasteiger charge is -2.43. The molecule has 2 atom stereocenters. The van der Waals surface area contributed by atoms with E-state index in [9.17, 15) is 4.79 Å². The first-order chi connectivity index (χ1) is 7.61. The summed E-state index contributed by atoms with van der Waals surface area (Å²) in [5.41, 5.74) is 5.54. The second kappa shape index (κ2) is 5.76. The Hall–Kier alpha value is -0.433. The lowest BCUT2D eigenvalue weighted by molar-refractivity contribution is -0.876. The second-order valence-electron chi connectivity index (χ2n) is 4.01. The number of likely N-dealkylation sites (tertiary alicyclic amines) is 1. The van der Waals surface area contributed by atoms with Crippen LogP contribution in [-0.4, -0.2) is 40.0 Å². The zero-order chi connectivity index (χ0) is 12.2. The molecule has 1 saturated heterocycles. The summed E-state index contributed by atoms with van der Waals surface area (Å²) < 4.78 is 11.8. The van der Waals surface area contributed by atoms with Crippen molar-refractivity contribution in [2.45, 2.75) is 38.9 Å². The van der Waals surface area contributed by atoms with Crippen molar-refractivity contribution in [3.8, 4) is 0 Å². The van der Waals surface area contributed by atoms with Crippen molar-refractivity contribution < 1.29 is 18.5 Å². The van der Waals surface area contributed by atoms with Crippen molar-refractivity contribution in [2.75, 3.05) is 19.8 Å². The first-order valence-corrected chi connectivity index (χ1v) is 8.14. The van der Waals surface area contributed by atoms with E-state index in [0.29, 0.717) is 13.2 Å². The number of hydrogen-bond donors (Lipinski definition) is 2. The molecule has 6 heteroatoms. The van der Waals surface area contributed by atoms with Gasteiger partial charge in [0.1, 0.15) is 5.67 Å². The highest BCUT2D eigenvalue weighted by Gasteiger charge is 2.57. The molecule has 2 unspecified atom stereocenters. The highest BCUT2D eigenvalue weighted by Crippen LogP contribution is 2.21. The Morgan fingerprint density at radius 2 is 1.94 bits per heavy atom. The van der Waals surface area contributed by atoms with Gasteiger partial charge >= 0.3 is 14.6 Å². The van der Waals surface area contributed by atoms with E-state index in [2.05, 4.69) is 6.92 Å². The number of carbonyl (C=O) groups is 1. The van der Waals surface area contributed by atoms with Crippen molar-refractivity contribution >= 4 is 14.6 Å². The topological polar surface area (TPSA) is 66.0 Å². The van der Waals surface area contributed by atoms with Crippen LogP contribution in [0.4, 0.5) is 4.79 Å². The summed E-state index contributed by atoms with van der Waals surface area (Å²) in [4.78, 5) is 12.1. The molecule has 0 saturated carbocycles. The van der Waals surface area contributed by atoms with Crippen LogP contribution in [0, 0.1) is 0 Å². The molecule has 16 heavy (non-hydrogen) atoms. The van der Waals surface area contributed by atoms with Gasteiger partial charge in [-0.05, 0) is 19.9 Å². The van der Waals surface area contributed by atoms with Crippen LogP contribution in [0.3, 0.4) is 0 Å². The van der Waals surface area contributed by atoms with Crippen molar-refractivity contribution in [2.24, 2.45) is 5.73 Å². The van der Waals surface area contributed by atoms with E-state index in [1.54, 1.807) is 0 Å². The molecule has 0 spiro atoms. The summed E-state index contributed by atoms with van der Waals surface area (Å²) in [6, 6.07) is 0.594. The molecule has 3 N–H and O–H groups in total. The summed E-state index contributed by atoms with van der Waals surface area (Å²) >= 11 is 0. The predicted octanol–water partition coefficient (Wildman–Crippen LogP) is -0.203. The Morgan fingerprint density at radius 1 is 1.38 bits per heavy atom. The van der Waals surface area contributed by atoms with E-state index < -0.39 is 8.56 Å². The van der Waals surface area contributed by atoms with E-state index in [1.807, 2.05) is 13.8 Å². The van der Waals surface area contributed by atoms with Crippen LogP contribution in [0.2, 0.25) is 6.04 Å². The summed E-state index contributed by atoms with van der Waals surface area (Å²) in [5, 5.41) is 0. The SMILES string of the molecule is CCO[Si](CC)(OCC)C1CC[NH+]1C(N)=O. The van der Waals surface area contributed by atoms with E-state index in [1.165, 1.54) is 0 Å². The van der Waals surface area contributed by atoms with Crippen molar-refractivity contribution in [1.82, 2.24) is 0 Å². The number of rotatable bonds is 6. The van der Waals surface area contributed by atoms with Gasteiger partial charge in [0.05, 0.1) is 13.0 Å². The quantitative estimate of drug-likeness (QED) is 0.639. The van der Waals surface area contributed by atoms with Gasteiger partial charge in [0.2, 0.25) is 0 Å². The van der Waals surface area contributed by atoms with Crippen LogP contribution in [0.1, 0.15) is 27.2 Å². The third-order valence-corrected chi connectivity index (χ3v) is 7.48. The van der Waals surface area contributed by atoms with Crippen LogP contribution >= 0.6 is 0 Å². The van der Waals surface area contributed by atoms with Crippen LogP contribution in [-0.2, 0) is 8.85 Å². The molecule has 0 aromatic carbocycles. The molecular formula is C10H23N2O3Si+. The van der Waals surface area contributed by atoms with Gasteiger partial charge in [-0.15, -0.1) is 0 Å². The van der Waals surface area contributed by atoms with Gasteiger partial charge in [-0.25, -0.2) is 9.69 Å². The van der Waals surface area contributed by atoms with Gasteiger partial charge in [-0.1, -0.05) is 6.92 Å². The molecule has 0 aliphatic carbocycles. The van der Waals surface area contributed by atoms with Crippen LogP contribution in [0.5, 0.6) is 0 Å². The third-order valence-electron chi connectivity index (χ3n) is 3.24. The lowest BCUT2D eigenvalue weighted by Crippen LogP contribution is -3.27. The summed E-state index contributed by atoms with van der Waals surface area (Å²) in [6.45, 7) is 8.12. The summed E-state index contributed by atoms with van der Waals surface area (Å²) in [7, 11) is -2.25. The number of quaternary nitrogens is 1. The minimum Gasteiger partial charge on any atom is -0.391 e. The predicted molar refractivity (Wildman–Crippen MR) is 63.3 cm³/mol. The van der Waals surface area contributed by atoms with Gasteiger partial charge in [0, 0.05) is 13.2 Å². The molecule has 1 heterocycles.